The second-order valence-electron chi connectivity index (χ2n) is 6.69. The van der Waals surface area contributed by atoms with Gasteiger partial charge in [0.2, 0.25) is 0 Å². The molecule has 0 aliphatic carbocycles. The van der Waals surface area contributed by atoms with Crippen molar-refractivity contribution in [3.63, 3.8) is 0 Å². The average molecular weight is 382 g/mol. The van der Waals surface area contributed by atoms with E-state index in [0.717, 1.165) is 22.6 Å². The second kappa shape index (κ2) is 8.84. The molecule has 0 bridgehead atoms. The Hall–Kier alpha value is -2.63. The lowest BCUT2D eigenvalue weighted by Crippen LogP contribution is -3.09. The van der Waals surface area contributed by atoms with E-state index in [4.69, 9.17) is 4.74 Å². The van der Waals surface area contributed by atoms with Gasteiger partial charge in [-0.15, -0.1) is 0 Å². The Balaban J connectivity index is 1.88. The number of hydrogen-bond acceptors (Lipinski definition) is 3. The number of likely N-dealkylation sites (N-methyl/N-ethyl adjacent to an activating group) is 1. The highest BCUT2D eigenvalue weighted by Gasteiger charge is 2.30. The summed E-state index contributed by atoms with van der Waals surface area (Å²) in [6.45, 7) is 2.78. The molecule has 0 spiro atoms. The number of quaternary nitrogens is 1. The first-order chi connectivity index (χ1) is 13.1. The number of ether oxygens (including phenoxy) is 1. The Labute approximate surface area is 164 Å². The normalized spacial score (nSPS) is 13.0. The quantitative estimate of drug-likeness (QED) is 0.658. The van der Waals surface area contributed by atoms with Crippen molar-refractivity contribution in [2.75, 3.05) is 19.5 Å². The Morgan fingerprint density at radius 3 is 2.63 bits per heavy atom. The minimum absolute atomic E-state index is 0.0437. The van der Waals surface area contributed by atoms with Gasteiger partial charge >= 0.3 is 0 Å². The van der Waals surface area contributed by atoms with Gasteiger partial charge in [0.1, 0.15) is 12.3 Å². The maximum Gasteiger partial charge on any atom is 0.287 e. The SMILES string of the molecule is COc1ccc(C)cc1NC(=O)[C@H](c1ccccc1)[NH+](C)Cc1ccsc1. The summed E-state index contributed by atoms with van der Waals surface area (Å²) in [5.74, 6) is 0.620. The Bertz CT molecular complexity index is 879. The maximum absolute atomic E-state index is 13.3. The fraction of sp³-hybridized carbons (Fsp3) is 0.227. The van der Waals surface area contributed by atoms with E-state index in [2.05, 4.69) is 29.2 Å². The molecule has 0 aliphatic heterocycles. The first kappa shape index (κ1) is 19.1. The van der Waals surface area contributed by atoms with E-state index in [1.54, 1.807) is 18.4 Å². The van der Waals surface area contributed by atoms with Crippen LogP contribution in [-0.2, 0) is 11.3 Å². The van der Waals surface area contributed by atoms with Crippen molar-refractivity contribution in [2.24, 2.45) is 0 Å². The van der Waals surface area contributed by atoms with Gasteiger partial charge in [-0.25, -0.2) is 0 Å². The van der Waals surface area contributed by atoms with Crippen LogP contribution in [0, 0.1) is 6.92 Å². The number of benzene rings is 2. The lowest BCUT2D eigenvalue weighted by atomic mass is 10.0. The van der Waals surface area contributed by atoms with Crippen LogP contribution in [0.1, 0.15) is 22.7 Å². The number of thiophene rings is 1. The number of amides is 1. The molecule has 0 saturated heterocycles. The molecule has 0 aliphatic rings. The molecular weight excluding hydrogens is 356 g/mol. The fourth-order valence-corrected chi connectivity index (χ4v) is 3.92. The monoisotopic (exact) mass is 381 g/mol. The molecule has 3 aromatic rings. The predicted octanol–water partition coefficient (Wildman–Crippen LogP) is 3.46. The number of nitrogens with one attached hydrogen (secondary N) is 2. The molecule has 1 unspecified atom stereocenters. The van der Waals surface area contributed by atoms with E-state index < -0.39 is 0 Å². The number of rotatable bonds is 7. The van der Waals surface area contributed by atoms with Gasteiger partial charge in [-0.05, 0) is 41.4 Å². The number of carbonyl (C=O) groups is 1. The van der Waals surface area contributed by atoms with E-state index >= 15 is 0 Å². The van der Waals surface area contributed by atoms with Crippen LogP contribution in [0.25, 0.3) is 0 Å². The largest absolute Gasteiger partial charge is 0.495 e. The lowest BCUT2D eigenvalue weighted by molar-refractivity contribution is -0.915. The van der Waals surface area contributed by atoms with Crippen LogP contribution in [-0.4, -0.2) is 20.1 Å². The van der Waals surface area contributed by atoms with E-state index in [-0.39, 0.29) is 11.9 Å². The van der Waals surface area contributed by atoms with Gasteiger partial charge in [0.25, 0.3) is 5.91 Å². The third kappa shape index (κ3) is 4.76. The summed E-state index contributed by atoms with van der Waals surface area (Å²) in [4.78, 5) is 14.4. The van der Waals surface area contributed by atoms with Gasteiger partial charge < -0.3 is 15.0 Å². The van der Waals surface area contributed by atoms with E-state index in [1.807, 2.05) is 55.5 Å². The zero-order chi connectivity index (χ0) is 19.2. The number of hydrogen-bond donors (Lipinski definition) is 2. The Morgan fingerprint density at radius 2 is 1.96 bits per heavy atom. The third-order valence-corrected chi connectivity index (χ3v) is 5.30. The summed E-state index contributed by atoms with van der Waals surface area (Å²) < 4.78 is 5.41. The van der Waals surface area contributed by atoms with Crippen molar-refractivity contribution in [3.8, 4) is 5.75 Å². The van der Waals surface area contributed by atoms with Crippen LogP contribution in [0.3, 0.4) is 0 Å². The molecule has 27 heavy (non-hydrogen) atoms. The minimum Gasteiger partial charge on any atom is -0.495 e. The van der Waals surface area contributed by atoms with Crippen molar-refractivity contribution in [1.29, 1.82) is 0 Å². The van der Waals surface area contributed by atoms with E-state index in [1.165, 1.54) is 5.56 Å². The van der Waals surface area contributed by atoms with E-state index in [0.29, 0.717) is 11.4 Å². The number of aryl methyl sites for hydroxylation is 1. The van der Waals surface area contributed by atoms with Crippen LogP contribution < -0.4 is 15.0 Å². The Kier molecular flexibility index (Phi) is 6.27. The molecule has 3 rings (SSSR count). The van der Waals surface area contributed by atoms with Crippen molar-refractivity contribution in [1.82, 2.24) is 0 Å². The topological polar surface area (TPSA) is 42.8 Å². The summed E-state index contributed by atoms with van der Waals surface area (Å²) in [6.07, 6.45) is 0. The molecule has 140 valence electrons. The maximum atomic E-state index is 13.3. The molecule has 2 aromatic carbocycles. The fourth-order valence-electron chi connectivity index (χ4n) is 3.25. The highest BCUT2D eigenvalue weighted by molar-refractivity contribution is 7.07. The molecule has 4 nitrogen and oxygen atoms in total. The molecule has 1 heterocycles. The second-order valence-corrected chi connectivity index (χ2v) is 7.47. The molecule has 5 heteroatoms. The molecule has 1 amide bonds. The van der Waals surface area contributed by atoms with Gasteiger partial charge in [0, 0.05) is 11.1 Å². The highest BCUT2D eigenvalue weighted by Crippen LogP contribution is 2.26. The Morgan fingerprint density at radius 1 is 1.19 bits per heavy atom. The molecular formula is C22H25N2O2S+. The van der Waals surface area contributed by atoms with Crippen LogP contribution in [0.2, 0.25) is 0 Å². The number of methoxy groups -OCH3 is 1. The summed E-state index contributed by atoms with van der Waals surface area (Å²) >= 11 is 1.68. The van der Waals surface area contributed by atoms with Crippen LogP contribution in [0.4, 0.5) is 5.69 Å². The van der Waals surface area contributed by atoms with Gasteiger partial charge in [-0.1, -0.05) is 36.4 Å². The van der Waals surface area contributed by atoms with Crippen LogP contribution in [0.5, 0.6) is 5.75 Å². The smallest absolute Gasteiger partial charge is 0.287 e. The van der Waals surface area contributed by atoms with Gasteiger partial charge in [0.15, 0.2) is 6.04 Å². The molecule has 1 aromatic heterocycles. The summed E-state index contributed by atoms with van der Waals surface area (Å²) in [7, 11) is 3.67. The zero-order valence-corrected chi connectivity index (χ0v) is 16.7. The number of carbonyl (C=O) groups excluding carboxylic acids is 1. The first-order valence-electron chi connectivity index (χ1n) is 8.92. The third-order valence-electron chi connectivity index (χ3n) is 4.56. The summed E-state index contributed by atoms with van der Waals surface area (Å²) in [5, 5.41) is 7.28. The van der Waals surface area contributed by atoms with Gasteiger partial charge in [0.05, 0.1) is 19.8 Å². The molecule has 0 radical (unpaired) electrons. The van der Waals surface area contributed by atoms with Gasteiger partial charge in [-0.2, -0.15) is 11.3 Å². The van der Waals surface area contributed by atoms with Crippen LogP contribution >= 0.6 is 11.3 Å². The minimum atomic E-state index is -0.323. The molecule has 0 fully saturated rings. The average Bonchev–Trinajstić information content (AvgIpc) is 3.16. The lowest BCUT2D eigenvalue weighted by Gasteiger charge is -2.25. The van der Waals surface area contributed by atoms with Crippen molar-refractivity contribution in [2.45, 2.75) is 19.5 Å². The van der Waals surface area contributed by atoms with Crippen molar-refractivity contribution >= 4 is 22.9 Å². The summed E-state index contributed by atoms with van der Waals surface area (Å²) in [5.41, 5.74) is 4.00. The molecule has 0 saturated carbocycles. The predicted molar refractivity (Wildman–Crippen MR) is 110 cm³/mol. The highest BCUT2D eigenvalue weighted by atomic mass is 32.1. The zero-order valence-electron chi connectivity index (χ0n) is 15.9. The standard InChI is InChI=1S/C22H24N2O2S/c1-16-9-10-20(26-3)19(13-16)23-22(25)21(18-7-5-4-6-8-18)24(2)14-17-11-12-27-15-17/h4-13,15,21H,14H2,1-3H3,(H,23,25)/p+1/t21-/m0/s1. The van der Waals surface area contributed by atoms with Crippen LogP contribution in [0.15, 0.2) is 65.4 Å². The van der Waals surface area contributed by atoms with E-state index in [9.17, 15) is 4.79 Å². The molecule has 2 N–H and O–H groups in total. The van der Waals surface area contributed by atoms with Gasteiger partial charge in [-0.3, -0.25) is 4.79 Å². The van der Waals surface area contributed by atoms with Crippen molar-refractivity contribution < 1.29 is 14.4 Å². The number of anilines is 1. The summed E-state index contributed by atoms with van der Waals surface area (Å²) in [6, 6.07) is 17.5. The first-order valence-corrected chi connectivity index (χ1v) is 9.86. The van der Waals surface area contributed by atoms with Crippen molar-refractivity contribution in [3.05, 3.63) is 82.0 Å². The molecule has 2 atom stereocenters.